The number of aromatic nitrogens is 1. The Hall–Kier alpha value is -3.23. The number of unbranched alkanes of at least 4 members (excludes halogenated alkanes) is 1. The molecule has 0 aliphatic heterocycles. The molecule has 1 aromatic carbocycles. The van der Waals surface area contributed by atoms with E-state index in [4.69, 9.17) is 9.47 Å². The molecule has 1 N–H and O–H groups in total. The van der Waals surface area contributed by atoms with Gasteiger partial charge in [0.1, 0.15) is 10.7 Å². The predicted molar refractivity (Wildman–Crippen MR) is 120 cm³/mol. The van der Waals surface area contributed by atoms with Crippen LogP contribution in [0.2, 0.25) is 0 Å². The van der Waals surface area contributed by atoms with Gasteiger partial charge < -0.3 is 19.5 Å². The summed E-state index contributed by atoms with van der Waals surface area (Å²) in [5.41, 5.74) is -0.0848. The molecule has 0 aliphatic rings. The molecular formula is C22H25F2N3O5S. The highest BCUT2D eigenvalue weighted by molar-refractivity contribution is 7.07. The number of nitrogens with one attached hydrogen (secondary N) is 1. The van der Waals surface area contributed by atoms with E-state index in [0.29, 0.717) is 12.1 Å². The molecule has 178 valence electrons. The molecule has 11 heteroatoms. The molecule has 0 spiro atoms. The van der Waals surface area contributed by atoms with E-state index in [0.717, 1.165) is 24.2 Å². The summed E-state index contributed by atoms with van der Waals surface area (Å²) < 4.78 is 41.5. The summed E-state index contributed by atoms with van der Waals surface area (Å²) in [6.45, 7) is -0.268. The van der Waals surface area contributed by atoms with Gasteiger partial charge in [0.05, 0.1) is 24.8 Å². The summed E-state index contributed by atoms with van der Waals surface area (Å²) in [6, 6.07) is 6.15. The standard InChI is InChI=1S/C22H25F2N3O5S/c1-4-5-8-26-19(28)15(13-25)21-27(9-10-30-2)20(29)18(33-21)12-14-6-7-16(32-22(23)24)17(11-14)31-3/h6-7,11-12,22H,4-5,8-10H2,1-3H3,(H,26,28)/b18-12-,21-15-. The average Bonchev–Trinajstić information content (AvgIpc) is 3.08. The Morgan fingerprint density at radius 1 is 1.33 bits per heavy atom. The lowest BCUT2D eigenvalue weighted by Crippen LogP contribution is -2.36. The largest absolute Gasteiger partial charge is 0.493 e. The second-order valence-corrected chi connectivity index (χ2v) is 7.78. The van der Waals surface area contributed by atoms with Gasteiger partial charge in [-0.15, -0.1) is 11.3 Å². The Bertz CT molecular complexity index is 1180. The van der Waals surface area contributed by atoms with Crippen LogP contribution in [0, 0.1) is 11.3 Å². The highest BCUT2D eigenvalue weighted by Crippen LogP contribution is 2.29. The first-order valence-corrected chi connectivity index (χ1v) is 10.9. The fourth-order valence-electron chi connectivity index (χ4n) is 2.87. The first-order valence-electron chi connectivity index (χ1n) is 10.1. The number of hydrogen-bond acceptors (Lipinski definition) is 7. The van der Waals surface area contributed by atoms with Crippen molar-refractivity contribution in [1.29, 1.82) is 5.26 Å². The number of ether oxygens (including phenoxy) is 3. The van der Waals surface area contributed by atoms with Crippen LogP contribution < -0.4 is 29.5 Å². The maximum atomic E-state index is 13.0. The molecule has 8 nitrogen and oxygen atoms in total. The molecule has 0 saturated heterocycles. The molecule has 0 atom stereocenters. The Morgan fingerprint density at radius 2 is 2.09 bits per heavy atom. The lowest BCUT2D eigenvalue weighted by molar-refractivity contribution is -0.115. The van der Waals surface area contributed by atoms with E-state index in [1.165, 1.54) is 43.1 Å². The topological polar surface area (TPSA) is 103 Å². The first kappa shape index (κ1) is 26.0. The number of carbonyl (C=O) groups is 1. The minimum atomic E-state index is -3.01. The maximum absolute atomic E-state index is 13.0. The third-order valence-electron chi connectivity index (χ3n) is 4.50. The molecule has 1 aromatic heterocycles. The second kappa shape index (κ2) is 12.7. The highest BCUT2D eigenvalue weighted by atomic mass is 32.1. The zero-order valence-corrected chi connectivity index (χ0v) is 19.3. The average molecular weight is 482 g/mol. The second-order valence-electron chi connectivity index (χ2n) is 6.75. The summed E-state index contributed by atoms with van der Waals surface area (Å²) in [4.78, 5) is 25.6. The van der Waals surface area contributed by atoms with Crippen LogP contribution in [-0.2, 0) is 16.1 Å². The van der Waals surface area contributed by atoms with Crippen LogP contribution >= 0.6 is 11.3 Å². The Labute approximate surface area is 193 Å². The number of carbonyl (C=O) groups excluding carboxylic acids is 1. The molecule has 0 fully saturated rings. The molecule has 0 bridgehead atoms. The van der Waals surface area contributed by atoms with E-state index in [1.54, 1.807) is 0 Å². The van der Waals surface area contributed by atoms with Gasteiger partial charge in [0, 0.05) is 13.7 Å². The highest BCUT2D eigenvalue weighted by Gasteiger charge is 2.16. The number of amides is 1. The zero-order valence-electron chi connectivity index (χ0n) is 18.5. The van der Waals surface area contributed by atoms with Gasteiger partial charge >= 0.3 is 6.61 Å². The van der Waals surface area contributed by atoms with Crippen molar-refractivity contribution in [1.82, 2.24) is 9.88 Å². The number of halogens is 2. The van der Waals surface area contributed by atoms with Crippen LogP contribution in [0.25, 0.3) is 11.6 Å². The fraction of sp³-hybridized carbons (Fsp3) is 0.409. The SMILES string of the molecule is CCCCNC(=O)/C(C#N)=c1\s/c(=C\c2ccc(OC(F)F)c(OC)c2)c(=O)n1CCOC. The minimum absolute atomic E-state index is 0.0696. The molecule has 1 amide bonds. The summed E-state index contributed by atoms with van der Waals surface area (Å²) in [5.74, 6) is -0.627. The molecule has 33 heavy (non-hydrogen) atoms. The summed E-state index contributed by atoms with van der Waals surface area (Å²) >= 11 is 0.987. The van der Waals surface area contributed by atoms with Crippen LogP contribution in [0.4, 0.5) is 8.78 Å². The Balaban J connectivity index is 2.63. The monoisotopic (exact) mass is 481 g/mol. The summed E-state index contributed by atoms with van der Waals surface area (Å²) in [7, 11) is 2.79. The van der Waals surface area contributed by atoms with Crippen molar-refractivity contribution in [3.8, 4) is 17.6 Å². The molecule has 0 saturated carbocycles. The van der Waals surface area contributed by atoms with E-state index in [9.17, 15) is 23.6 Å². The van der Waals surface area contributed by atoms with Crippen molar-refractivity contribution in [3.63, 3.8) is 0 Å². The van der Waals surface area contributed by atoms with Crippen molar-refractivity contribution in [3.05, 3.63) is 43.3 Å². The van der Waals surface area contributed by atoms with E-state index in [-0.39, 0.29) is 39.4 Å². The number of benzene rings is 1. The maximum Gasteiger partial charge on any atom is 0.387 e. The van der Waals surface area contributed by atoms with E-state index in [2.05, 4.69) is 10.1 Å². The minimum Gasteiger partial charge on any atom is -0.493 e. The third kappa shape index (κ3) is 6.87. The summed E-state index contributed by atoms with van der Waals surface area (Å²) in [5, 5.41) is 12.3. The van der Waals surface area contributed by atoms with Crippen LogP contribution in [-0.4, -0.2) is 44.5 Å². The number of methoxy groups -OCH3 is 2. The van der Waals surface area contributed by atoms with Gasteiger partial charge in [0.2, 0.25) is 0 Å². The molecule has 2 aromatic rings. The molecular weight excluding hydrogens is 456 g/mol. The molecule has 0 unspecified atom stereocenters. The van der Waals surface area contributed by atoms with Crippen LogP contribution in [0.1, 0.15) is 25.3 Å². The quantitative estimate of drug-likeness (QED) is 0.489. The zero-order chi connectivity index (χ0) is 24.4. The van der Waals surface area contributed by atoms with Gasteiger partial charge in [-0.25, -0.2) is 0 Å². The van der Waals surface area contributed by atoms with Gasteiger partial charge in [-0.1, -0.05) is 19.4 Å². The number of nitrogens with zero attached hydrogens (tertiary/aromatic N) is 2. The normalized spacial score (nSPS) is 12.5. The van der Waals surface area contributed by atoms with Crippen molar-refractivity contribution in [2.24, 2.45) is 0 Å². The predicted octanol–water partition coefficient (Wildman–Crippen LogP) is 1.59. The van der Waals surface area contributed by atoms with Crippen LogP contribution in [0.3, 0.4) is 0 Å². The fourth-order valence-corrected chi connectivity index (χ4v) is 4.00. The first-order chi connectivity index (χ1) is 15.9. The Kier molecular flexibility index (Phi) is 10.0. The van der Waals surface area contributed by atoms with E-state index >= 15 is 0 Å². The molecule has 2 rings (SSSR count). The molecule has 0 aliphatic carbocycles. The number of rotatable bonds is 11. The van der Waals surface area contributed by atoms with Gasteiger partial charge in [0.25, 0.3) is 11.5 Å². The van der Waals surface area contributed by atoms with Gasteiger partial charge in [-0.2, -0.15) is 14.0 Å². The van der Waals surface area contributed by atoms with Crippen molar-refractivity contribution in [2.75, 3.05) is 27.4 Å². The molecule has 1 heterocycles. The van der Waals surface area contributed by atoms with Crippen LogP contribution in [0.15, 0.2) is 23.0 Å². The van der Waals surface area contributed by atoms with Gasteiger partial charge in [0.15, 0.2) is 17.1 Å². The van der Waals surface area contributed by atoms with Crippen molar-refractivity contribution >= 4 is 28.9 Å². The van der Waals surface area contributed by atoms with Crippen LogP contribution in [0.5, 0.6) is 11.5 Å². The lowest BCUT2D eigenvalue weighted by atomic mass is 10.2. The van der Waals surface area contributed by atoms with Gasteiger partial charge in [-0.3, -0.25) is 14.2 Å². The lowest BCUT2D eigenvalue weighted by Gasteiger charge is -2.09. The number of hydrogen-bond donors (Lipinski definition) is 1. The number of nitriles is 1. The summed E-state index contributed by atoms with van der Waals surface area (Å²) in [6.07, 6.45) is 3.17. The van der Waals surface area contributed by atoms with E-state index < -0.39 is 18.1 Å². The van der Waals surface area contributed by atoms with Gasteiger partial charge in [-0.05, 0) is 30.2 Å². The number of thiazole rings is 1. The molecule has 0 radical (unpaired) electrons. The van der Waals surface area contributed by atoms with Crippen molar-refractivity contribution < 1.29 is 27.8 Å². The number of alkyl halides is 2. The van der Waals surface area contributed by atoms with Crippen molar-refractivity contribution in [2.45, 2.75) is 32.9 Å². The third-order valence-corrected chi connectivity index (χ3v) is 5.63. The Morgan fingerprint density at radius 3 is 2.70 bits per heavy atom. The smallest absolute Gasteiger partial charge is 0.387 e. The van der Waals surface area contributed by atoms with E-state index in [1.807, 2.05) is 13.0 Å².